The number of anilines is 2. The van der Waals surface area contributed by atoms with Crippen molar-refractivity contribution in [1.82, 2.24) is 14.9 Å². The number of likely N-dealkylation sites (tertiary alicyclic amines) is 1. The third-order valence-corrected chi connectivity index (χ3v) is 7.12. The van der Waals surface area contributed by atoms with Crippen LogP contribution in [-0.4, -0.2) is 38.5 Å². The molecule has 0 unspecified atom stereocenters. The van der Waals surface area contributed by atoms with E-state index in [9.17, 15) is 18.7 Å². The maximum Gasteiger partial charge on any atom is 0.310 e. The second-order valence-corrected chi connectivity index (χ2v) is 9.64. The average Bonchev–Trinajstić information content (AvgIpc) is 3.28. The first-order valence-electron chi connectivity index (χ1n) is 10.5. The zero-order valence-electron chi connectivity index (χ0n) is 17.9. The predicted octanol–water partition coefficient (Wildman–Crippen LogP) is 5.51. The first-order chi connectivity index (χ1) is 15.8. The molecule has 1 saturated heterocycles. The Labute approximate surface area is 199 Å². The van der Waals surface area contributed by atoms with Gasteiger partial charge in [0.15, 0.2) is 5.13 Å². The maximum atomic E-state index is 14.6. The van der Waals surface area contributed by atoms with Gasteiger partial charge in [-0.1, -0.05) is 23.7 Å². The monoisotopic (exact) mass is 492 g/mol. The number of carboxylic acids is 1. The zero-order chi connectivity index (χ0) is 23.6. The highest BCUT2D eigenvalue weighted by molar-refractivity contribution is 7.13. The van der Waals surface area contributed by atoms with E-state index in [0.29, 0.717) is 36.0 Å². The van der Waals surface area contributed by atoms with Crippen LogP contribution in [0.3, 0.4) is 0 Å². The molecule has 2 N–H and O–H groups in total. The largest absolute Gasteiger partial charge is 0.481 e. The van der Waals surface area contributed by atoms with Crippen LogP contribution in [0.15, 0.2) is 41.9 Å². The summed E-state index contributed by atoms with van der Waals surface area (Å²) in [7, 11) is 0. The summed E-state index contributed by atoms with van der Waals surface area (Å²) in [6, 6.07) is 7.49. The number of nitrogens with one attached hydrogen (secondary N) is 1. The number of piperidine rings is 1. The number of carbonyl (C=O) groups is 1. The van der Waals surface area contributed by atoms with Crippen LogP contribution in [0.2, 0.25) is 5.02 Å². The second-order valence-electron chi connectivity index (χ2n) is 8.34. The lowest BCUT2D eigenvalue weighted by Crippen LogP contribution is -2.50. The third-order valence-electron chi connectivity index (χ3n) is 6.14. The van der Waals surface area contributed by atoms with Gasteiger partial charge < -0.3 is 10.4 Å². The Morgan fingerprint density at radius 3 is 2.88 bits per heavy atom. The standard InChI is InChI=1S/C23H23ClF2N4O2S/c1-14-11-23(21(31)32,7-9-30(14)13-15-3-2-4-16(24)20(15)26)12-18-17(25)5-6-19(28-18)29-22-27-8-10-33-22/h2-6,8,10,14H,7,9,11-13H2,1H3,(H,31,32)(H,27,28,29)/t14-,23-/m1/s1. The fourth-order valence-electron chi connectivity index (χ4n) is 4.32. The van der Waals surface area contributed by atoms with Gasteiger partial charge in [0, 0.05) is 36.1 Å². The summed E-state index contributed by atoms with van der Waals surface area (Å²) < 4.78 is 29.0. The number of carboxylic acid groups (broad SMARTS) is 1. The molecule has 2 atom stereocenters. The molecule has 0 amide bonds. The van der Waals surface area contributed by atoms with Gasteiger partial charge in [0.1, 0.15) is 17.5 Å². The average molecular weight is 493 g/mol. The van der Waals surface area contributed by atoms with Crippen molar-refractivity contribution < 1.29 is 18.7 Å². The number of rotatable bonds is 7. The Kier molecular flexibility index (Phi) is 6.92. The number of benzene rings is 1. The van der Waals surface area contributed by atoms with E-state index in [1.54, 1.807) is 23.7 Å². The topological polar surface area (TPSA) is 78.3 Å². The molecule has 0 saturated carbocycles. The molecular weight excluding hydrogens is 470 g/mol. The van der Waals surface area contributed by atoms with Gasteiger partial charge in [-0.05, 0) is 44.5 Å². The van der Waals surface area contributed by atoms with E-state index in [1.807, 2.05) is 11.8 Å². The SMILES string of the molecule is C[C@@H]1C[C@](Cc2nc(Nc3nccs3)ccc2F)(C(=O)O)CCN1Cc1cccc(Cl)c1F. The highest BCUT2D eigenvalue weighted by Gasteiger charge is 2.45. The Morgan fingerprint density at radius 2 is 2.18 bits per heavy atom. The Hall–Kier alpha value is -2.62. The molecule has 0 spiro atoms. The predicted molar refractivity (Wildman–Crippen MR) is 124 cm³/mol. The molecular formula is C23H23ClF2N4O2S. The van der Waals surface area contributed by atoms with Crippen LogP contribution in [-0.2, 0) is 17.8 Å². The van der Waals surface area contributed by atoms with E-state index >= 15 is 0 Å². The lowest BCUT2D eigenvalue weighted by Gasteiger charge is -2.43. The molecule has 0 radical (unpaired) electrons. The van der Waals surface area contributed by atoms with Crippen LogP contribution >= 0.6 is 22.9 Å². The van der Waals surface area contributed by atoms with Crippen LogP contribution in [0.5, 0.6) is 0 Å². The van der Waals surface area contributed by atoms with Gasteiger partial charge in [0.2, 0.25) is 0 Å². The van der Waals surface area contributed by atoms with Gasteiger partial charge >= 0.3 is 5.97 Å². The van der Waals surface area contributed by atoms with Crippen molar-refractivity contribution in [2.75, 3.05) is 11.9 Å². The molecule has 4 rings (SSSR count). The molecule has 10 heteroatoms. The van der Waals surface area contributed by atoms with Gasteiger partial charge in [0.25, 0.3) is 0 Å². The molecule has 3 aromatic rings. The maximum absolute atomic E-state index is 14.6. The van der Waals surface area contributed by atoms with Crippen LogP contribution in [0, 0.1) is 17.0 Å². The number of halogens is 3. The van der Waals surface area contributed by atoms with Crippen molar-refractivity contribution in [3.05, 3.63) is 69.8 Å². The molecule has 1 aromatic carbocycles. The molecule has 3 heterocycles. The first kappa shape index (κ1) is 23.5. The zero-order valence-corrected chi connectivity index (χ0v) is 19.5. The molecule has 6 nitrogen and oxygen atoms in total. The number of nitrogens with zero attached hydrogens (tertiary/aromatic N) is 3. The van der Waals surface area contributed by atoms with Crippen molar-refractivity contribution in [1.29, 1.82) is 0 Å². The Balaban J connectivity index is 1.52. The van der Waals surface area contributed by atoms with Crippen molar-refractivity contribution >= 4 is 39.9 Å². The van der Waals surface area contributed by atoms with Gasteiger partial charge in [0.05, 0.1) is 16.1 Å². The van der Waals surface area contributed by atoms with Gasteiger partial charge in [-0.25, -0.2) is 18.7 Å². The van der Waals surface area contributed by atoms with Gasteiger partial charge in [-0.3, -0.25) is 9.69 Å². The summed E-state index contributed by atoms with van der Waals surface area (Å²) in [5.41, 5.74) is -0.609. The summed E-state index contributed by atoms with van der Waals surface area (Å²) in [5, 5.41) is 15.6. The molecule has 2 aromatic heterocycles. The fraction of sp³-hybridized carbons (Fsp3) is 0.348. The number of thiazole rings is 1. The van der Waals surface area contributed by atoms with E-state index < -0.39 is 23.0 Å². The molecule has 1 fully saturated rings. The number of hydrogen-bond acceptors (Lipinski definition) is 6. The molecule has 0 aliphatic carbocycles. The minimum Gasteiger partial charge on any atom is -0.481 e. The second kappa shape index (κ2) is 9.70. The Bertz CT molecular complexity index is 1150. The summed E-state index contributed by atoms with van der Waals surface area (Å²) in [5.74, 6) is -1.58. The smallest absolute Gasteiger partial charge is 0.310 e. The van der Waals surface area contributed by atoms with Gasteiger partial charge in [-0.2, -0.15) is 0 Å². The van der Waals surface area contributed by atoms with Crippen LogP contribution in [0.25, 0.3) is 0 Å². The highest BCUT2D eigenvalue weighted by atomic mass is 35.5. The van der Waals surface area contributed by atoms with Crippen molar-refractivity contribution in [2.45, 2.75) is 38.8 Å². The number of aromatic nitrogens is 2. The molecule has 1 aliphatic rings. The van der Waals surface area contributed by atoms with E-state index in [1.165, 1.54) is 29.5 Å². The van der Waals surface area contributed by atoms with Crippen molar-refractivity contribution in [3.63, 3.8) is 0 Å². The lowest BCUT2D eigenvalue weighted by atomic mass is 9.72. The van der Waals surface area contributed by atoms with Crippen molar-refractivity contribution in [2.24, 2.45) is 5.41 Å². The number of hydrogen-bond donors (Lipinski definition) is 2. The summed E-state index contributed by atoms with van der Waals surface area (Å²) >= 11 is 7.28. The number of aliphatic carboxylic acids is 1. The van der Waals surface area contributed by atoms with Crippen LogP contribution < -0.4 is 5.32 Å². The van der Waals surface area contributed by atoms with Gasteiger partial charge in [-0.15, -0.1) is 11.3 Å². The lowest BCUT2D eigenvalue weighted by molar-refractivity contribution is -0.153. The molecule has 33 heavy (non-hydrogen) atoms. The minimum atomic E-state index is -1.17. The van der Waals surface area contributed by atoms with E-state index in [4.69, 9.17) is 11.6 Å². The van der Waals surface area contributed by atoms with E-state index in [2.05, 4.69) is 15.3 Å². The number of pyridine rings is 1. The normalized spacial score (nSPS) is 21.2. The third kappa shape index (κ3) is 5.15. The minimum absolute atomic E-state index is 0.0364. The Morgan fingerprint density at radius 1 is 1.36 bits per heavy atom. The summed E-state index contributed by atoms with van der Waals surface area (Å²) in [6.45, 7) is 2.66. The summed E-state index contributed by atoms with van der Waals surface area (Å²) in [4.78, 5) is 22.9. The first-order valence-corrected chi connectivity index (χ1v) is 11.8. The molecule has 174 valence electrons. The van der Waals surface area contributed by atoms with Crippen LogP contribution in [0.4, 0.5) is 19.7 Å². The summed E-state index contributed by atoms with van der Waals surface area (Å²) in [6.07, 6.45) is 2.18. The molecule has 1 aliphatic heterocycles. The van der Waals surface area contributed by atoms with E-state index in [-0.39, 0.29) is 29.6 Å². The van der Waals surface area contributed by atoms with Crippen molar-refractivity contribution in [3.8, 4) is 0 Å². The highest BCUT2D eigenvalue weighted by Crippen LogP contribution is 2.39. The van der Waals surface area contributed by atoms with E-state index in [0.717, 1.165) is 0 Å². The molecule has 0 bridgehead atoms. The fourth-order valence-corrected chi connectivity index (χ4v) is 5.05. The quantitative estimate of drug-likeness (QED) is 0.452. The van der Waals surface area contributed by atoms with Crippen LogP contribution in [0.1, 0.15) is 31.0 Å².